The van der Waals surface area contributed by atoms with Crippen LogP contribution in [0, 0.1) is 0 Å². The monoisotopic (exact) mass is 383 g/mol. The standard InChI is InChI=1S/C19H21N5O4/c1-23(19-20-9-5-10-21-19)12-18(27)28-13-16(25)22-14-6-2-3-7-15(14)24-11-4-8-17(24)26/h2-3,5-7,9-10H,4,8,11-13H2,1H3,(H,22,25). The molecule has 146 valence electrons. The normalized spacial score (nSPS) is 13.3. The summed E-state index contributed by atoms with van der Waals surface area (Å²) in [6, 6.07) is 8.73. The fourth-order valence-corrected chi connectivity index (χ4v) is 2.85. The summed E-state index contributed by atoms with van der Waals surface area (Å²) >= 11 is 0. The first-order valence-electron chi connectivity index (χ1n) is 8.87. The van der Waals surface area contributed by atoms with Crippen LogP contribution in [0.5, 0.6) is 0 Å². The van der Waals surface area contributed by atoms with Gasteiger partial charge in [-0.25, -0.2) is 9.97 Å². The zero-order chi connectivity index (χ0) is 19.9. The number of hydrogen-bond donors (Lipinski definition) is 1. The molecule has 1 aliphatic heterocycles. The zero-order valence-corrected chi connectivity index (χ0v) is 15.5. The van der Waals surface area contributed by atoms with Gasteiger partial charge in [-0.1, -0.05) is 12.1 Å². The van der Waals surface area contributed by atoms with Gasteiger partial charge in [-0.15, -0.1) is 0 Å². The Kier molecular flexibility index (Phi) is 6.15. The number of carbonyl (C=O) groups excluding carboxylic acids is 3. The minimum absolute atomic E-state index is 0.0271. The highest BCUT2D eigenvalue weighted by atomic mass is 16.5. The van der Waals surface area contributed by atoms with E-state index >= 15 is 0 Å². The zero-order valence-electron chi connectivity index (χ0n) is 15.5. The van der Waals surface area contributed by atoms with E-state index in [-0.39, 0.29) is 12.5 Å². The lowest BCUT2D eigenvalue weighted by molar-refractivity contribution is -0.145. The molecule has 9 nitrogen and oxygen atoms in total. The molecule has 2 amide bonds. The Hall–Kier alpha value is -3.49. The molecule has 28 heavy (non-hydrogen) atoms. The van der Waals surface area contributed by atoms with Crippen molar-refractivity contribution >= 4 is 35.1 Å². The van der Waals surface area contributed by atoms with Gasteiger partial charge < -0.3 is 19.9 Å². The Morgan fingerprint density at radius 2 is 1.96 bits per heavy atom. The number of hydrogen-bond acceptors (Lipinski definition) is 7. The molecule has 0 unspecified atom stereocenters. The van der Waals surface area contributed by atoms with Crippen LogP contribution in [-0.4, -0.2) is 54.5 Å². The third-order valence-corrected chi connectivity index (χ3v) is 4.17. The Balaban J connectivity index is 1.52. The Bertz CT molecular complexity index is 858. The average molecular weight is 383 g/mol. The second kappa shape index (κ2) is 8.94. The van der Waals surface area contributed by atoms with E-state index < -0.39 is 18.5 Å². The van der Waals surface area contributed by atoms with E-state index in [0.29, 0.717) is 30.3 Å². The molecule has 0 radical (unpaired) electrons. The van der Waals surface area contributed by atoms with Gasteiger partial charge >= 0.3 is 5.97 Å². The summed E-state index contributed by atoms with van der Waals surface area (Å²) in [4.78, 5) is 47.4. The minimum atomic E-state index is -0.576. The van der Waals surface area contributed by atoms with Crippen molar-refractivity contribution in [1.29, 1.82) is 0 Å². The number of ether oxygens (including phenoxy) is 1. The molecule has 0 aliphatic carbocycles. The van der Waals surface area contributed by atoms with Gasteiger partial charge in [0.15, 0.2) is 6.61 Å². The number of esters is 1. The minimum Gasteiger partial charge on any atom is -0.454 e. The number of nitrogens with one attached hydrogen (secondary N) is 1. The number of amides is 2. The van der Waals surface area contributed by atoms with Gasteiger partial charge in [0.1, 0.15) is 6.54 Å². The maximum atomic E-state index is 12.2. The third kappa shape index (κ3) is 4.81. The largest absolute Gasteiger partial charge is 0.454 e. The molecule has 1 saturated heterocycles. The van der Waals surface area contributed by atoms with Gasteiger partial charge in [-0.05, 0) is 24.6 Å². The Labute approximate surface area is 162 Å². The van der Waals surface area contributed by atoms with Crippen LogP contribution in [0.2, 0.25) is 0 Å². The second-order valence-electron chi connectivity index (χ2n) is 6.28. The summed E-state index contributed by atoms with van der Waals surface area (Å²) in [6.45, 7) is 0.107. The summed E-state index contributed by atoms with van der Waals surface area (Å²) in [5, 5.41) is 2.70. The van der Waals surface area contributed by atoms with E-state index in [1.54, 1.807) is 54.7 Å². The topological polar surface area (TPSA) is 105 Å². The summed E-state index contributed by atoms with van der Waals surface area (Å²) in [7, 11) is 1.65. The van der Waals surface area contributed by atoms with E-state index in [1.807, 2.05) is 0 Å². The Morgan fingerprint density at radius 3 is 2.68 bits per heavy atom. The number of carbonyl (C=O) groups is 3. The average Bonchev–Trinajstić information content (AvgIpc) is 3.13. The van der Waals surface area contributed by atoms with E-state index in [0.717, 1.165) is 6.42 Å². The first-order valence-corrected chi connectivity index (χ1v) is 8.87. The molecule has 0 saturated carbocycles. The number of likely N-dealkylation sites (N-methyl/N-ethyl adjacent to an activating group) is 1. The maximum Gasteiger partial charge on any atom is 0.326 e. The van der Waals surface area contributed by atoms with Gasteiger partial charge in [0, 0.05) is 32.4 Å². The lowest BCUT2D eigenvalue weighted by atomic mass is 10.2. The number of para-hydroxylation sites is 2. The van der Waals surface area contributed by atoms with Crippen molar-refractivity contribution in [3.8, 4) is 0 Å². The van der Waals surface area contributed by atoms with E-state index in [4.69, 9.17) is 4.74 Å². The fraction of sp³-hybridized carbons (Fsp3) is 0.316. The van der Waals surface area contributed by atoms with Crippen LogP contribution in [0.15, 0.2) is 42.7 Å². The highest BCUT2D eigenvalue weighted by Gasteiger charge is 2.24. The first kappa shape index (κ1) is 19.3. The molecule has 1 fully saturated rings. The lowest BCUT2D eigenvalue weighted by Crippen LogP contribution is -2.31. The van der Waals surface area contributed by atoms with Gasteiger partial charge in [0.05, 0.1) is 11.4 Å². The van der Waals surface area contributed by atoms with E-state index in [1.165, 1.54) is 4.90 Å². The van der Waals surface area contributed by atoms with E-state index in [9.17, 15) is 14.4 Å². The summed E-state index contributed by atoms with van der Waals surface area (Å²) in [6.07, 6.45) is 4.43. The van der Waals surface area contributed by atoms with Crippen LogP contribution in [0.1, 0.15) is 12.8 Å². The maximum absolute atomic E-state index is 12.2. The van der Waals surface area contributed by atoms with Crippen LogP contribution in [0.3, 0.4) is 0 Å². The van der Waals surface area contributed by atoms with Gasteiger partial charge in [-0.2, -0.15) is 0 Å². The van der Waals surface area contributed by atoms with Crippen LogP contribution >= 0.6 is 0 Å². The summed E-state index contributed by atoms with van der Waals surface area (Å²) in [5.41, 5.74) is 1.15. The van der Waals surface area contributed by atoms with Crippen LogP contribution in [0.4, 0.5) is 17.3 Å². The molecule has 1 aromatic heterocycles. The van der Waals surface area contributed by atoms with Gasteiger partial charge in [0.25, 0.3) is 5.91 Å². The predicted molar refractivity (Wildman–Crippen MR) is 103 cm³/mol. The first-order chi connectivity index (χ1) is 13.5. The van der Waals surface area contributed by atoms with Crippen molar-refractivity contribution in [3.05, 3.63) is 42.7 Å². The molecule has 1 aromatic carbocycles. The molecule has 0 spiro atoms. The summed E-state index contributed by atoms with van der Waals surface area (Å²) < 4.78 is 5.03. The van der Waals surface area contributed by atoms with Crippen molar-refractivity contribution in [2.75, 3.05) is 41.9 Å². The van der Waals surface area contributed by atoms with Crippen LogP contribution < -0.4 is 15.1 Å². The van der Waals surface area contributed by atoms with Gasteiger partial charge in [-0.3, -0.25) is 14.4 Å². The van der Waals surface area contributed by atoms with Crippen molar-refractivity contribution in [2.45, 2.75) is 12.8 Å². The smallest absolute Gasteiger partial charge is 0.326 e. The van der Waals surface area contributed by atoms with Crippen molar-refractivity contribution < 1.29 is 19.1 Å². The fourth-order valence-electron chi connectivity index (χ4n) is 2.85. The summed E-state index contributed by atoms with van der Waals surface area (Å²) in [5.74, 6) is -0.647. The Morgan fingerprint density at radius 1 is 1.21 bits per heavy atom. The van der Waals surface area contributed by atoms with E-state index in [2.05, 4.69) is 15.3 Å². The highest BCUT2D eigenvalue weighted by Crippen LogP contribution is 2.29. The molecular weight excluding hydrogens is 362 g/mol. The molecule has 0 bridgehead atoms. The van der Waals surface area contributed by atoms with Crippen LogP contribution in [-0.2, 0) is 19.1 Å². The number of aromatic nitrogens is 2. The lowest BCUT2D eigenvalue weighted by Gasteiger charge is -2.20. The molecular formula is C19H21N5O4. The molecule has 2 heterocycles. The van der Waals surface area contributed by atoms with Crippen molar-refractivity contribution in [1.82, 2.24) is 9.97 Å². The van der Waals surface area contributed by atoms with Crippen LogP contribution in [0.25, 0.3) is 0 Å². The number of benzene rings is 1. The number of anilines is 3. The molecule has 2 aromatic rings. The highest BCUT2D eigenvalue weighted by molar-refractivity contribution is 6.02. The molecule has 3 rings (SSSR count). The molecule has 9 heteroatoms. The SMILES string of the molecule is CN(CC(=O)OCC(=O)Nc1ccccc1N1CCCC1=O)c1ncccn1. The molecule has 1 aliphatic rings. The number of nitrogens with zero attached hydrogens (tertiary/aromatic N) is 4. The quantitative estimate of drug-likeness (QED) is 0.717. The van der Waals surface area contributed by atoms with Crippen molar-refractivity contribution in [3.63, 3.8) is 0 Å². The molecule has 1 N–H and O–H groups in total. The second-order valence-corrected chi connectivity index (χ2v) is 6.28. The number of rotatable bonds is 7. The van der Waals surface area contributed by atoms with Gasteiger partial charge in [0.2, 0.25) is 11.9 Å². The molecule has 0 atom stereocenters. The predicted octanol–water partition coefficient (Wildman–Crippen LogP) is 1.22. The third-order valence-electron chi connectivity index (χ3n) is 4.17. The van der Waals surface area contributed by atoms with Crippen molar-refractivity contribution in [2.24, 2.45) is 0 Å².